The van der Waals surface area contributed by atoms with E-state index >= 15 is 0 Å². The number of benzene rings is 1. The van der Waals surface area contributed by atoms with Crippen LogP contribution in [0.1, 0.15) is 13.1 Å². The molecule has 2 N–H and O–H groups in total. The fourth-order valence-electron chi connectivity index (χ4n) is 0.499. The van der Waals surface area contributed by atoms with Gasteiger partial charge in [0.05, 0.1) is 8.30 Å². The lowest BCUT2D eigenvalue weighted by atomic mass is 10.2. The van der Waals surface area contributed by atoms with E-state index in [1.165, 1.54) is 0 Å². The molecular formula is C7H6O3. The van der Waals surface area contributed by atoms with Crippen molar-refractivity contribution in [3.8, 4) is 5.75 Å². The molecule has 3 heteroatoms. The van der Waals surface area contributed by atoms with Gasteiger partial charge in [0.1, 0.15) is 5.75 Å². The van der Waals surface area contributed by atoms with Crippen molar-refractivity contribution in [3.63, 3.8) is 0 Å². The molecule has 52 valence electrons. The summed E-state index contributed by atoms with van der Waals surface area (Å²) >= 11 is 0. The third kappa shape index (κ3) is 1.25. The molecule has 0 heterocycles. The first-order valence-electron chi connectivity index (χ1n) is 3.56. The Bertz CT molecular complexity index is 312. The minimum Gasteiger partial charge on any atom is -0.508 e. The molecule has 0 fully saturated rings. The average Bonchev–Trinajstić information content (AvgIpc) is 1.82. The number of phenols is 1. The van der Waals surface area contributed by atoms with Crippen LogP contribution < -0.4 is 0 Å². The maximum atomic E-state index is 10.4. The number of aromatic carboxylic acids is 1. The van der Waals surface area contributed by atoms with Gasteiger partial charge in [-0.05, 0) is 24.2 Å². The van der Waals surface area contributed by atoms with Gasteiger partial charge in [-0.25, -0.2) is 4.79 Å². The highest BCUT2D eigenvalue weighted by Gasteiger charge is 1.99. The molecule has 0 aromatic heterocycles. The van der Waals surface area contributed by atoms with E-state index < -0.39 is 11.5 Å². The van der Waals surface area contributed by atoms with Crippen LogP contribution in [0.2, 0.25) is 0 Å². The predicted octanol–water partition coefficient (Wildman–Crippen LogP) is 1.09. The van der Waals surface area contributed by atoms with Gasteiger partial charge in [-0.15, -0.1) is 0 Å². The number of rotatable bonds is 1. The average molecular weight is 140 g/mol. The maximum absolute atomic E-state index is 10.4. The molecule has 0 amide bonds. The van der Waals surface area contributed by atoms with Gasteiger partial charge >= 0.3 is 5.97 Å². The van der Waals surface area contributed by atoms with Crippen LogP contribution in [0.15, 0.2) is 24.2 Å². The monoisotopic (exact) mass is 140 g/mol. The number of hydrogen-bond acceptors (Lipinski definition) is 2. The zero-order valence-electron chi connectivity index (χ0n) is 6.96. The lowest BCUT2D eigenvalue weighted by Gasteiger charge is -1.92. The Morgan fingerprint density at radius 2 is 2.00 bits per heavy atom. The molecule has 0 bridgehead atoms. The largest absolute Gasteiger partial charge is 0.508 e. The van der Waals surface area contributed by atoms with Crippen molar-refractivity contribution in [2.45, 2.75) is 0 Å². The van der Waals surface area contributed by atoms with Crippen LogP contribution in [-0.2, 0) is 0 Å². The number of carbonyl (C=O) groups is 1. The Kier molecular flexibility index (Phi) is 1.03. The lowest BCUT2D eigenvalue weighted by molar-refractivity contribution is 0.0697. The molecule has 0 spiro atoms. The molecule has 0 aliphatic heterocycles. The topological polar surface area (TPSA) is 57.5 Å². The normalized spacial score (nSPS) is 12.0. The SMILES string of the molecule is [2H]c1cc(O)cc([2H])c1C(=O)O. The maximum Gasteiger partial charge on any atom is 0.335 e. The van der Waals surface area contributed by atoms with Gasteiger partial charge in [-0.2, -0.15) is 0 Å². The van der Waals surface area contributed by atoms with Crippen LogP contribution in [0.4, 0.5) is 0 Å². The Morgan fingerprint density at radius 3 is 2.40 bits per heavy atom. The van der Waals surface area contributed by atoms with Crippen molar-refractivity contribution >= 4 is 5.97 Å². The summed E-state index contributed by atoms with van der Waals surface area (Å²) in [7, 11) is 0. The van der Waals surface area contributed by atoms with E-state index in [4.69, 9.17) is 13.0 Å². The van der Waals surface area contributed by atoms with Gasteiger partial charge in [-0.1, -0.05) is 0 Å². The zero-order valence-corrected chi connectivity index (χ0v) is 4.96. The molecule has 0 unspecified atom stereocenters. The first-order valence-corrected chi connectivity index (χ1v) is 2.56. The first-order chi connectivity index (χ1) is 5.52. The Hall–Kier alpha value is -1.51. The Morgan fingerprint density at radius 1 is 1.50 bits per heavy atom. The minimum atomic E-state index is -1.33. The van der Waals surface area contributed by atoms with Gasteiger partial charge in [0.25, 0.3) is 0 Å². The van der Waals surface area contributed by atoms with Crippen LogP contribution in [0, 0.1) is 0 Å². The zero-order chi connectivity index (χ0) is 9.30. The van der Waals surface area contributed by atoms with E-state index in [2.05, 4.69) is 0 Å². The first kappa shape index (κ1) is 4.33. The van der Waals surface area contributed by atoms with E-state index in [1.54, 1.807) is 0 Å². The highest BCUT2D eigenvalue weighted by atomic mass is 16.4. The molecule has 10 heavy (non-hydrogen) atoms. The summed E-state index contributed by atoms with van der Waals surface area (Å²) < 4.78 is 14.2. The van der Waals surface area contributed by atoms with E-state index in [-0.39, 0.29) is 17.8 Å². The summed E-state index contributed by atoms with van der Waals surface area (Å²) in [6, 6.07) is 1.27. The quantitative estimate of drug-likeness (QED) is 0.613. The summed E-state index contributed by atoms with van der Waals surface area (Å²) in [5.41, 5.74) is -0.396. The molecular weight excluding hydrogens is 132 g/mol. The number of phenolic OH excluding ortho intramolecular Hbond substituents is 1. The third-order valence-corrected chi connectivity index (χ3v) is 0.943. The number of carboxylic acid groups (broad SMARTS) is 1. The molecule has 0 radical (unpaired) electrons. The molecule has 1 aromatic rings. The standard InChI is InChI=1S/C7H6O3/c8-6-3-1-5(2-4-6)7(9)10/h1-4,8H,(H,9,10)/i1D,2D. The van der Waals surface area contributed by atoms with Crippen LogP contribution in [-0.4, -0.2) is 16.2 Å². The van der Waals surface area contributed by atoms with Gasteiger partial charge in [0.2, 0.25) is 0 Å². The third-order valence-electron chi connectivity index (χ3n) is 0.943. The summed E-state index contributed by atoms with van der Waals surface area (Å²) in [6.45, 7) is 0. The van der Waals surface area contributed by atoms with Crippen molar-refractivity contribution in [2.24, 2.45) is 0 Å². The highest BCUT2D eigenvalue weighted by Crippen LogP contribution is 2.08. The van der Waals surface area contributed by atoms with Crippen LogP contribution in [0.3, 0.4) is 0 Å². The van der Waals surface area contributed by atoms with Crippen molar-refractivity contribution in [3.05, 3.63) is 29.8 Å². The fourth-order valence-corrected chi connectivity index (χ4v) is 0.499. The summed E-state index contributed by atoms with van der Waals surface area (Å²) in [5, 5.41) is 17.4. The molecule has 0 aliphatic carbocycles. The number of hydrogen-bond donors (Lipinski definition) is 2. The summed E-state index contributed by atoms with van der Waals surface area (Å²) in [5.74, 6) is -1.60. The van der Waals surface area contributed by atoms with Gasteiger partial charge in [0, 0.05) is 0 Å². The van der Waals surface area contributed by atoms with Crippen LogP contribution >= 0.6 is 0 Å². The Balaban J connectivity index is 3.38. The lowest BCUT2D eigenvalue weighted by Crippen LogP contribution is -1.93. The van der Waals surface area contributed by atoms with Gasteiger partial charge in [0.15, 0.2) is 0 Å². The summed E-state index contributed by atoms with van der Waals surface area (Å²) in [6.07, 6.45) is 0. The van der Waals surface area contributed by atoms with Crippen molar-refractivity contribution in [1.82, 2.24) is 0 Å². The second kappa shape index (κ2) is 2.39. The fraction of sp³-hybridized carbons (Fsp3) is 0. The molecule has 0 atom stereocenters. The Labute approximate surface area is 60.4 Å². The second-order valence-electron chi connectivity index (χ2n) is 1.68. The molecule has 1 aromatic carbocycles. The smallest absolute Gasteiger partial charge is 0.335 e. The second-order valence-corrected chi connectivity index (χ2v) is 1.68. The molecule has 3 nitrogen and oxygen atoms in total. The van der Waals surface area contributed by atoms with Gasteiger partial charge < -0.3 is 10.2 Å². The van der Waals surface area contributed by atoms with Gasteiger partial charge in [-0.3, -0.25) is 0 Å². The molecule has 0 saturated carbocycles. The van der Waals surface area contributed by atoms with E-state index in [0.717, 1.165) is 12.1 Å². The van der Waals surface area contributed by atoms with Crippen LogP contribution in [0.25, 0.3) is 0 Å². The van der Waals surface area contributed by atoms with E-state index in [1.807, 2.05) is 0 Å². The summed E-state index contributed by atoms with van der Waals surface area (Å²) in [4.78, 5) is 10.4. The predicted molar refractivity (Wildman–Crippen MR) is 35.1 cm³/mol. The van der Waals surface area contributed by atoms with E-state index in [0.29, 0.717) is 0 Å². The van der Waals surface area contributed by atoms with Crippen LogP contribution in [0.5, 0.6) is 5.75 Å². The molecule has 0 aliphatic rings. The number of aromatic hydroxyl groups is 1. The van der Waals surface area contributed by atoms with Crippen molar-refractivity contribution < 1.29 is 17.7 Å². The van der Waals surface area contributed by atoms with Crippen molar-refractivity contribution in [1.29, 1.82) is 0 Å². The highest BCUT2D eigenvalue weighted by molar-refractivity contribution is 5.87. The van der Waals surface area contributed by atoms with E-state index in [9.17, 15) is 4.79 Å². The minimum absolute atomic E-state index is 0.269. The van der Waals surface area contributed by atoms with Crippen molar-refractivity contribution in [2.75, 3.05) is 0 Å². The number of carboxylic acids is 1. The molecule has 0 saturated heterocycles. The molecule has 1 rings (SSSR count).